The van der Waals surface area contributed by atoms with E-state index in [1.54, 1.807) is 4.90 Å². The van der Waals surface area contributed by atoms with E-state index in [1.165, 1.54) is 6.42 Å². The van der Waals surface area contributed by atoms with Crippen molar-refractivity contribution in [3.05, 3.63) is 0 Å². The molecule has 0 aromatic carbocycles. The van der Waals surface area contributed by atoms with Crippen LogP contribution in [-0.2, 0) is 9.59 Å². The largest absolute Gasteiger partial charge is 0.481 e. The van der Waals surface area contributed by atoms with Crippen molar-refractivity contribution in [2.75, 3.05) is 6.54 Å². The second kappa shape index (κ2) is 6.11. The van der Waals surface area contributed by atoms with Gasteiger partial charge in [0.1, 0.15) is 6.04 Å². The number of carboxylic acids is 2. The molecular formula is C13H20N2O5. The molecule has 3 atom stereocenters. The first kappa shape index (κ1) is 14.6. The fourth-order valence-corrected chi connectivity index (χ4v) is 3.26. The summed E-state index contributed by atoms with van der Waals surface area (Å²) in [5.41, 5.74) is 0. The third kappa shape index (κ3) is 3.20. The van der Waals surface area contributed by atoms with Gasteiger partial charge in [-0.15, -0.1) is 0 Å². The number of nitrogens with one attached hydrogen (secondary N) is 1. The van der Waals surface area contributed by atoms with Crippen molar-refractivity contribution in [2.24, 2.45) is 5.92 Å². The van der Waals surface area contributed by atoms with Gasteiger partial charge < -0.3 is 20.4 Å². The number of nitrogens with zero attached hydrogens (tertiary/aromatic N) is 1. The Morgan fingerprint density at radius 2 is 1.85 bits per heavy atom. The highest BCUT2D eigenvalue weighted by atomic mass is 16.4. The van der Waals surface area contributed by atoms with Crippen molar-refractivity contribution in [1.29, 1.82) is 0 Å². The third-order valence-corrected chi connectivity index (χ3v) is 4.25. The molecule has 0 radical (unpaired) electrons. The van der Waals surface area contributed by atoms with Crippen LogP contribution < -0.4 is 5.32 Å². The number of amides is 2. The van der Waals surface area contributed by atoms with E-state index in [4.69, 9.17) is 10.2 Å². The molecule has 2 fully saturated rings. The van der Waals surface area contributed by atoms with Gasteiger partial charge in [-0.05, 0) is 25.2 Å². The lowest BCUT2D eigenvalue weighted by Gasteiger charge is -2.32. The molecule has 2 rings (SSSR count). The molecule has 3 N–H and O–H groups in total. The molecule has 1 aliphatic heterocycles. The maximum atomic E-state index is 12.2. The summed E-state index contributed by atoms with van der Waals surface area (Å²) in [5.74, 6) is -2.05. The molecule has 1 heterocycles. The van der Waals surface area contributed by atoms with Gasteiger partial charge in [-0.2, -0.15) is 0 Å². The zero-order valence-electron chi connectivity index (χ0n) is 11.2. The van der Waals surface area contributed by atoms with E-state index in [1.807, 2.05) is 0 Å². The lowest BCUT2D eigenvalue weighted by atomic mass is 9.85. The zero-order chi connectivity index (χ0) is 14.7. The van der Waals surface area contributed by atoms with Crippen molar-refractivity contribution < 1.29 is 24.6 Å². The zero-order valence-corrected chi connectivity index (χ0v) is 11.2. The van der Waals surface area contributed by atoms with Gasteiger partial charge in [-0.25, -0.2) is 9.59 Å². The summed E-state index contributed by atoms with van der Waals surface area (Å²) in [6.07, 6.45) is 4.69. The lowest BCUT2D eigenvalue weighted by Crippen LogP contribution is -2.51. The molecule has 7 heteroatoms. The van der Waals surface area contributed by atoms with Crippen LogP contribution in [0.5, 0.6) is 0 Å². The van der Waals surface area contributed by atoms with Crippen LogP contribution in [0, 0.1) is 5.92 Å². The Kier molecular flexibility index (Phi) is 4.46. The molecule has 1 aliphatic carbocycles. The average molecular weight is 284 g/mol. The van der Waals surface area contributed by atoms with Crippen molar-refractivity contribution in [3.63, 3.8) is 0 Å². The minimum atomic E-state index is -1.37. The van der Waals surface area contributed by atoms with Crippen LogP contribution in [0.1, 0.15) is 38.5 Å². The molecule has 0 spiro atoms. The van der Waals surface area contributed by atoms with Crippen LogP contribution in [0.3, 0.4) is 0 Å². The van der Waals surface area contributed by atoms with Gasteiger partial charge in [-0.1, -0.05) is 12.8 Å². The second-order valence-electron chi connectivity index (χ2n) is 5.53. The number of fused-ring (bicyclic) bond motifs is 1. The first-order chi connectivity index (χ1) is 9.49. The molecule has 1 saturated carbocycles. The van der Waals surface area contributed by atoms with Crippen molar-refractivity contribution in [2.45, 2.75) is 50.6 Å². The smallest absolute Gasteiger partial charge is 0.326 e. The highest BCUT2D eigenvalue weighted by molar-refractivity contribution is 5.86. The van der Waals surface area contributed by atoms with Crippen LogP contribution in [0.4, 0.5) is 4.79 Å². The van der Waals surface area contributed by atoms with E-state index in [9.17, 15) is 14.4 Å². The summed E-state index contributed by atoms with van der Waals surface area (Å²) < 4.78 is 0. The highest BCUT2D eigenvalue weighted by Gasteiger charge is 2.39. The van der Waals surface area contributed by atoms with E-state index < -0.39 is 30.4 Å². The Hall–Kier alpha value is -1.79. The van der Waals surface area contributed by atoms with Crippen LogP contribution in [0.25, 0.3) is 0 Å². The number of hydrogen-bond acceptors (Lipinski definition) is 3. The van der Waals surface area contributed by atoms with Crippen LogP contribution in [0.15, 0.2) is 0 Å². The number of likely N-dealkylation sites (tertiary alicyclic amines) is 1. The number of carbonyl (C=O) groups is 3. The van der Waals surface area contributed by atoms with E-state index in [0.717, 1.165) is 25.7 Å². The molecule has 0 aromatic heterocycles. The number of urea groups is 1. The molecule has 112 valence electrons. The van der Waals surface area contributed by atoms with Gasteiger partial charge in [0.25, 0.3) is 0 Å². The normalized spacial score (nSPS) is 26.7. The fraction of sp³-hybridized carbons (Fsp3) is 0.769. The SMILES string of the molecule is O=C(O)C[C@H](NC(=O)N1CCC2CCCCC21)C(=O)O. The minimum Gasteiger partial charge on any atom is -0.481 e. The van der Waals surface area contributed by atoms with Gasteiger partial charge in [-0.3, -0.25) is 4.79 Å². The molecule has 1 saturated heterocycles. The van der Waals surface area contributed by atoms with E-state index in [2.05, 4.69) is 5.32 Å². The third-order valence-electron chi connectivity index (χ3n) is 4.25. The number of carbonyl (C=O) groups excluding carboxylic acids is 1. The Morgan fingerprint density at radius 1 is 1.15 bits per heavy atom. The standard InChI is InChI=1S/C13H20N2O5/c16-11(17)7-9(12(18)19)14-13(20)15-6-5-8-3-1-2-4-10(8)15/h8-10H,1-7H2,(H,14,20)(H,16,17)(H,18,19)/t8?,9-,10?/m0/s1. The molecule has 2 amide bonds. The first-order valence-corrected chi connectivity index (χ1v) is 7.00. The molecule has 2 aliphatic rings. The quantitative estimate of drug-likeness (QED) is 0.710. The minimum absolute atomic E-state index is 0.183. The Labute approximate surface area is 116 Å². The van der Waals surface area contributed by atoms with Crippen molar-refractivity contribution >= 4 is 18.0 Å². The molecule has 20 heavy (non-hydrogen) atoms. The molecule has 0 bridgehead atoms. The Bertz CT molecular complexity index is 412. The average Bonchev–Trinajstić information content (AvgIpc) is 2.81. The van der Waals surface area contributed by atoms with Gasteiger partial charge in [0, 0.05) is 12.6 Å². The number of carboxylic acid groups (broad SMARTS) is 2. The topological polar surface area (TPSA) is 107 Å². The van der Waals surface area contributed by atoms with Crippen LogP contribution in [0.2, 0.25) is 0 Å². The predicted octanol–water partition coefficient (Wildman–Crippen LogP) is 0.888. The lowest BCUT2D eigenvalue weighted by molar-refractivity contribution is -0.145. The Balaban J connectivity index is 1.96. The molecular weight excluding hydrogens is 264 g/mol. The maximum absolute atomic E-state index is 12.2. The monoisotopic (exact) mass is 284 g/mol. The van der Waals surface area contributed by atoms with E-state index in [-0.39, 0.29) is 6.04 Å². The van der Waals surface area contributed by atoms with E-state index >= 15 is 0 Å². The molecule has 0 aromatic rings. The van der Waals surface area contributed by atoms with Gasteiger partial charge >= 0.3 is 18.0 Å². The number of rotatable bonds is 4. The summed E-state index contributed by atoms with van der Waals surface area (Å²) in [7, 11) is 0. The predicted molar refractivity (Wildman–Crippen MR) is 69.3 cm³/mol. The number of aliphatic carboxylic acids is 2. The summed E-state index contributed by atoms with van der Waals surface area (Å²) in [4.78, 5) is 35.4. The van der Waals surface area contributed by atoms with Crippen LogP contribution >= 0.6 is 0 Å². The second-order valence-corrected chi connectivity index (χ2v) is 5.53. The molecule has 2 unspecified atom stereocenters. The van der Waals surface area contributed by atoms with Gasteiger partial charge in [0.05, 0.1) is 6.42 Å². The summed E-state index contributed by atoms with van der Waals surface area (Å²) >= 11 is 0. The highest BCUT2D eigenvalue weighted by Crippen LogP contribution is 2.36. The summed E-state index contributed by atoms with van der Waals surface area (Å²) in [6.45, 7) is 0.626. The summed E-state index contributed by atoms with van der Waals surface area (Å²) in [6, 6.07) is -1.64. The van der Waals surface area contributed by atoms with Gasteiger partial charge in [0.15, 0.2) is 0 Å². The fourth-order valence-electron chi connectivity index (χ4n) is 3.26. The molecule has 7 nitrogen and oxygen atoms in total. The van der Waals surface area contributed by atoms with Crippen molar-refractivity contribution in [3.8, 4) is 0 Å². The Morgan fingerprint density at radius 3 is 2.50 bits per heavy atom. The van der Waals surface area contributed by atoms with Crippen LogP contribution in [-0.4, -0.2) is 51.7 Å². The number of hydrogen-bond donors (Lipinski definition) is 3. The maximum Gasteiger partial charge on any atom is 0.326 e. The van der Waals surface area contributed by atoms with E-state index in [0.29, 0.717) is 12.5 Å². The summed E-state index contributed by atoms with van der Waals surface area (Å²) in [5, 5.41) is 19.9. The van der Waals surface area contributed by atoms with Crippen molar-refractivity contribution in [1.82, 2.24) is 10.2 Å². The first-order valence-electron chi connectivity index (χ1n) is 7.00. The van der Waals surface area contributed by atoms with Gasteiger partial charge in [0.2, 0.25) is 0 Å².